The highest BCUT2D eigenvalue weighted by molar-refractivity contribution is 7.09. The van der Waals surface area contributed by atoms with Crippen LogP contribution in [0.3, 0.4) is 0 Å². The zero-order valence-corrected chi connectivity index (χ0v) is 18.7. The van der Waals surface area contributed by atoms with Gasteiger partial charge in [0.2, 0.25) is 0 Å². The van der Waals surface area contributed by atoms with Crippen molar-refractivity contribution in [1.29, 1.82) is 0 Å². The van der Waals surface area contributed by atoms with Crippen LogP contribution in [0.25, 0.3) is 0 Å². The summed E-state index contributed by atoms with van der Waals surface area (Å²) in [7, 11) is 1.89. The molecule has 0 spiro atoms. The molecule has 1 N–H and O–H groups in total. The summed E-state index contributed by atoms with van der Waals surface area (Å²) in [5.74, 6) is 1.21. The van der Waals surface area contributed by atoms with E-state index in [9.17, 15) is 4.79 Å². The minimum Gasteiger partial charge on any atom is -0.486 e. The van der Waals surface area contributed by atoms with Crippen LogP contribution in [0.4, 0.5) is 0 Å². The first-order chi connectivity index (χ1) is 15.0. The Hall–Kier alpha value is -3.16. The molecule has 2 aromatic carbocycles. The van der Waals surface area contributed by atoms with Gasteiger partial charge in [-0.2, -0.15) is 0 Å². The predicted octanol–water partition coefficient (Wildman–Crippen LogP) is 4.94. The van der Waals surface area contributed by atoms with Crippen molar-refractivity contribution in [2.24, 2.45) is 7.05 Å². The Morgan fingerprint density at radius 3 is 2.61 bits per heavy atom. The molecule has 0 saturated carbocycles. The standard InChI is InChI=1S/C23H21ClN4O2S/c1-15-3-9-18(10-4-15)30-13-20-26-19(14-31-20)23(29)27-21(22-25-11-12-28(22)2)16-5-7-17(24)8-6-16/h3-12,14,21H,13H2,1-2H3,(H,27,29). The van der Waals surface area contributed by atoms with Gasteiger partial charge in [-0.05, 0) is 36.8 Å². The normalized spacial score (nSPS) is 11.8. The summed E-state index contributed by atoms with van der Waals surface area (Å²) >= 11 is 7.42. The van der Waals surface area contributed by atoms with Gasteiger partial charge in [0.05, 0.1) is 0 Å². The maximum atomic E-state index is 13.0. The van der Waals surface area contributed by atoms with Crippen LogP contribution in [0, 0.1) is 6.92 Å². The van der Waals surface area contributed by atoms with Crippen molar-refractivity contribution in [1.82, 2.24) is 19.9 Å². The van der Waals surface area contributed by atoms with Gasteiger partial charge in [0, 0.05) is 29.8 Å². The van der Waals surface area contributed by atoms with Crippen LogP contribution < -0.4 is 10.1 Å². The minimum atomic E-state index is -0.432. The Kier molecular flexibility index (Phi) is 6.34. The SMILES string of the molecule is Cc1ccc(OCc2nc(C(=O)NC(c3ccc(Cl)cc3)c3nccn3C)cs2)cc1. The molecule has 4 aromatic rings. The molecule has 1 amide bonds. The number of nitrogens with one attached hydrogen (secondary N) is 1. The molecule has 2 heterocycles. The van der Waals surface area contributed by atoms with E-state index in [1.54, 1.807) is 23.7 Å². The van der Waals surface area contributed by atoms with E-state index in [1.165, 1.54) is 16.9 Å². The number of carbonyl (C=O) groups is 1. The summed E-state index contributed by atoms with van der Waals surface area (Å²) in [4.78, 5) is 21.8. The number of ether oxygens (including phenoxy) is 1. The van der Waals surface area contributed by atoms with Crippen LogP contribution in [0.2, 0.25) is 5.02 Å². The number of nitrogens with zero attached hydrogens (tertiary/aromatic N) is 3. The molecule has 0 fully saturated rings. The molecule has 2 aromatic heterocycles. The zero-order chi connectivity index (χ0) is 21.8. The average Bonchev–Trinajstić information content (AvgIpc) is 3.41. The molecule has 0 aliphatic rings. The maximum Gasteiger partial charge on any atom is 0.271 e. The summed E-state index contributed by atoms with van der Waals surface area (Å²) in [6, 6.07) is 14.7. The lowest BCUT2D eigenvalue weighted by Crippen LogP contribution is -2.31. The summed E-state index contributed by atoms with van der Waals surface area (Å²) in [6.07, 6.45) is 3.54. The quantitative estimate of drug-likeness (QED) is 0.431. The first kappa shape index (κ1) is 21.1. The fourth-order valence-electron chi connectivity index (χ4n) is 3.07. The molecule has 0 bridgehead atoms. The lowest BCUT2D eigenvalue weighted by atomic mass is 10.1. The minimum absolute atomic E-state index is 0.277. The largest absolute Gasteiger partial charge is 0.486 e. The van der Waals surface area contributed by atoms with Crippen molar-refractivity contribution in [2.45, 2.75) is 19.6 Å². The smallest absolute Gasteiger partial charge is 0.271 e. The Morgan fingerprint density at radius 2 is 1.94 bits per heavy atom. The van der Waals surface area contributed by atoms with E-state index in [2.05, 4.69) is 15.3 Å². The van der Waals surface area contributed by atoms with Gasteiger partial charge in [-0.1, -0.05) is 41.4 Å². The number of thiazole rings is 1. The molecule has 0 aliphatic carbocycles. The molecule has 1 atom stereocenters. The van der Waals surface area contributed by atoms with Gasteiger partial charge >= 0.3 is 0 Å². The fraction of sp³-hybridized carbons (Fsp3) is 0.174. The number of carbonyl (C=O) groups excluding carboxylic acids is 1. The van der Waals surface area contributed by atoms with Crippen LogP contribution in [0.1, 0.15) is 38.5 Å². The van der Waals surface area contributed by atoms with Crippen molar-refractivity contribution >= 4 is 28.8 Å². The monoisotopic (exact) mass is 452 g/mol. The highest BCUT2D eigenvalue weighted by atomic mass is 35.5. The second-order valence-electron chi connectivity index (χ2n) is 7.08. The van der Waals surface area contributed by atoms with E-state index in [0.29, 0.717) is 23.1 Å². The van der Waals surface area contributed by atoms with Crippen molar-refractivity contribution in [3.63, 3.8) is 0 Å². The second kappa shape index (κ2) is 9.32. The third kappa shape index (κ3) is 5.13. The van der Waals surface area contributed by atoms with Crippen molar-refractivity contribution < 1.29 is 9.53 Å². The van der Waals surface area contributed by atoms with Crippen LogP contribution in [0.5, 0.6) is 5.75 Å². The van der Waals surface area contributed by atoms with Gasteiger partial charge in [0.1, 0.15) is 34.9 Å². The summed E-state index contributed by atoms with van der Waals surface area (Å²) in [5, 5.41) is 6.14. The fourth-order valence-corrected chi connectivity index (χ4v) is 3.88. The van der Waals surface area contributed by atoms with Crippen LogP contribution in [-0.2, 0) is 13.7 Å². The molecule has 0 aliphatic heterocycles. The number of halogens is 1. The number of aromatic nitrogens is 3. The second-order valence-corrected chi connectivity index (χ2v) is 8.46. The summed E-state index contributed by atoms with van der Waals surface area (Å²) in [5.41, 5.74) is 2.40. The number of amides is 1. The molecular formula is C23H21ClN4O2S. The van der Waals surface area contributed by atoms with Gasteiger partial charge < -0.3 is 14.6 Å². The first-order valence-corrected chi connectivity index (χ1v) is 10.9. The van der Waals surface area contributed by atoms with Gasteiger partial charge in [-0.3, -0.25) is 4.79 Å². The molecule has 8 heteroatoms. The molecular weight excluding hydrogens is 432 g/mol. The lowest BCUT2D eigenvalue weighted by molar-refractivity contribution is 0.0936. The van der Waals surface area contributed by atoms with Crippen molar-refractivity contribution in [3.05, 3.63) is 99.0 Å². The topological polar surface area (TPSA) is 69.0 Å². The molecule has 6 nitrogen and oxygen atoms in total. The van der Waals surface area contributed by atoms with Crippen LogP contribution in [0.15, 0.2) is 66.3 Å². The Morgan fingerprint density at radius 1 is 1.19 bits per heavy atom. The van der Waals surface area contributed by atoms with Crippen LogP contribution >= 0.6 is 22.9 Å². The number of aryl methyl sites for hydroxylation is 2. The highest BCUT2D eigenvalue weighted by Gasteiger charge is 2.22. The van der Waals surface area contributed by atoms with Crippen molar-refractivity contribution in [2.75, 3.05) is 0 Å². The maximum absolute atomic E-state index is 13.0. The zero-order valence-electron chi connectivity index (χ0n) is 17.1. The lowest BCUT2D eigenvalue weighted by Gasteiger charge is -2.18. The summed E-state index contributed by atoms with van der Waals surface area (Å²) in [6.45, 7) is 2.33. The molecule has 158 valence electrons. The van der Waals surface area contributed by atoms with Gasteiger partial charge in [-0.25, -0.2) is 9.97 Å². The molecule has 4 rings (SSSR count). The van der Waals surface area contributed by atoms with E-state index in [-0.39, 0.29) is 5.91 Å². The number of rotatable bonds is 7. The number of imidazole rings is 1. The van der Waals surface area contributed by atoms with E-state index in [1.807, 2.05) is 61.1 Å². The van der Waals surface area contributed by atoms with E-state index in [4.69, 9.17) is 16.3 Å². The third-order valence-electron chi connectivity index (χ3n) is 4.76. The third-order valence-corrected chi connectivity index (χ3v) is 5.84. The molecule has 1 unspecified atom stereocenters. The van der Waals surface area contributed by atoms with E-state index >= 15 is 0 Å². The van der Waals surface area contributed by atoms with E-state index in [0.717, 1.165) is 16.3 Å². The van der Waals surface area contributed by atoms with Gasteiger partial charge in [-0.15, -0.1) is 11.3 Å². The number of hydrogen-bond donors (Lipinski definition) is 1. The van der Waals surface area contributed by atoms with Crippen molar-refractivity contribution in [3.8, 4) is 5.75 Å². The molecule has 0 saturated heterocycles. The molecule has 31 heavy (non-hydrogen) atoms. The van der Waals surface area contributed by atoms with Gasteiger partial charge in [0.25, 0.3) is 5.91 Å². The highest BCUT2D eigenvalue weighted by Crippen LogP contribution is 2.23. The van der Waals surface area contributed by atoms with E-state index < -0.39 is 6.04 Å². The predicted molar refractivity (Wildman–Crippen MR) is 122 cm³/mol. The average molecular weight is 453 g/mol. The molecule has 0 radical (unpaired) electrons. The Bertz CT molecular complexity index is 1170. The number of hydrogen-bond acceptors (Lipinski definition) is 5. The first-order valence-electron chi connectivity index (χ1n) is 9.67. The van der Waals surface area contributed by atoms with Gasteiger partial charge in [0.15, 0.2) is 0 Å². The van der Waals surface area contributed by atoms with Crippen LogP contribution in [-0.4, -0.2) is 20.4 Å². The number of benzene rings is 2. The Labute approximate surface area is 189 Å². The summed E-state index contributed by atoms with van der Waals surface area (Å²) < 4.78 is 7.64. The Balaban J connectivity index is 1.48.